The first-order valence-corrected chi connectivity index (χ1v) is 5.38. The average molecular weight is 303 g/mol. The molecule has 0 radical (unpaired) electrons. The summed E-state index contributed by atoms with van der Waals surface area (Å²) in [5, 5.41) is 2.49. The zero-order chi connectivity index (χ0) is 12.4. The number of hydrogen-bond acceptors (Lipinski definition) is 2. The van der Waals surface area contributed by atoms with Gasteiger partial charge >= 0.3 is 0 Å². The van der Waals surface area contributed by atoms with Crippen molar-refractivity contribution in [2.75, 3.05) is 5.32 Å². The number of rotatable bonds is 2. The number of hydrogen-bond donors (Lipinski definition) is 1. The number of nitrogens with one attached hydrogen (secondary N) is 1. The van der Waals surface area contributed by atoms with Gasteiger partial charge in [0.15, 0.2) is 11.6 Å². The molecule has 0 unspecified atom stereocenters. The summed E-state index contributed by atoms with van der Waals surface area (Å²) >= 11 is 3.05. The van der Waals surface area contributed by atoms with E-state index in [2.05, 4.69) is 26.2 Å². The van der Waals surface area contributed by atoms with E-state index in [0.29, 0.717) is 4.47 Å². The quantitative estimate of drug-likeness (QED) is 0.907. The van der Waals surface area contributed by atoms with E-state index in [9.17, 15) is 13.2 Å². The van der Waals surface area contributed by atoms with Crippen LogP contribution in [-0.2, 0) is 0 Å². The van der Waals surface area contributed by atoms with Crippen LogP contribution in [0.4, 0.5) is 24.7 Å². The van der Waals surface area contributed by atoms with E-state index in [1.807, 2.05) is 0 Å². The Kier molecular flexibility index (Phi) is 3.33. The third-order valence-corrected chi connectivity index (χ3v) is 2.37. The van der Waals surface area contributed by atoms with Crippen molar-refractivity contribution in [3.63, 3.8) is 0 Å². The van der Waals surface area contributed by atoms with Gasteiger partial charge in [-0.1, -0.05) is 0 Å². The van der Waals surface area contributed by atoms with E-state index in [0.717, 1.165) is 18.2 Å². The largest absolute Gasteiger partial charge is 0.338 e. The van der Waals surface area contributed by atoms with Gasteiger partial charge in [-0.25, -0.2) is 18.2 Å². The van der Waals surface area contributed by atoms with Crippen LogP contribution in [0.2, 0.25) is 0 Å². The molecule has 0 aliphatic heterocycles. The second-order valence-electron chi connectivity index (χ2n) is 3.27. The smallest absolute Gasteiger partial charge is 0.166 e. The Labute approximate surface area is 104 Å². The number of halogens is 4. The van der Waals surface area contributed by atoms with Gasteiger partial charge in [0.2, 0.25) is 0 Å². The molecule has 0 aliphatic rings. The topological polar surface area (TPSA) is 24.9 Å². The van der Waals surface area contributed by atoms with Gasteiger partial charge in [-0.15, -0.1) is 0 Å². The Morgan fingerprint density at radius 1 is 1.00 bits per heavy atom. The summed E-state index contributed by atoms with van der Waals surface area (Å²) in [4.78, 5) is 3.75. The van der Waals surface area contributed by atoms with Crippen molar-refractivity contribution < 1.29 is 13.2 Å². The molecule has 0 bridgehead atoms. The lowest BCUT2D eigenvalue weighted by Crippen LogP contribution is -1.98. The molecule has 0 aliphatic carbocycles. The van der Waals surface area contributed by atoms with Crippen molar-refractivity contribution in [1.29, 1.82) is 0 Å². The predicted octanol–water partition coefficient (Wildman–Crippen LogP) is 4.01. The highest BCUT2D eigenvalue weighted by molar-refractivity contribution is 9.10. The van der Waals surface area contributed by atoms with Gasteiger partial charge in [-0.05, 0) is 34.1 Å². The first kappa shape index (κ1) is 11.9. The summed E-state index contributed by atoms with van der Waals surface area (Å²) in [6.45, 7) is 0. The number of anilines is 2. The number of aromatic nitrogens is 1. The molecule has 1 N–H and O–H groups in total. The molecule has 0 amide bonds. The molecule has 0 saturated heterocycles. The fraction of sp³-hybridized carbons (Fsp3) is 0. The zero-order valence-corrected chi connectivity index (χ0v) is 9.93. The van der Waals surface area contributed by atoms with Crippen molar-refractivity contribution in [2.24, 2.45) is 0 Å². The third-order valence-electron chi connectivity index (χ3n) is 1.93. The minimum absolute atomic E-state index is 0.0937. The lowest BCUT2D eigenvalue weighted by molar-refractivity contribution is 0.584. The van der Waals surface area contributed by atoms with Crippen molar-refractivity contribution in [2.45, 2.75) is 0 Å². The van der Waals surface area contributed by atoms with Crippen LogP contribution in [0.25, 0.3) is 0 Å². The number of benzene rings is 1. The molecule has 6 heteroatoms. The van der Waals surface area contributed by atoms with Crippen molar-refractivity contribution in [3.05, 3.63) is 52.4 Å². The Morgan fingerprint density at radius 2 is 1.65 bits per heavy atom. The van der Waals surface area contributed by atoms with E-state index >= 15 is 0 Å². The fourth-order valence-corrected chi connectivity index (χ4v) is 1.57. The van der Waals surface area contributed by atoms with Crippen LogP contribution in [0.3, 0.4) is 0 Å². The van der Waals surface area contributed by atoms with Gasteiger partial charge in [-0.2, -0.15) is 0 Å². The number of nitrogens with zero attached hydrogens (tertiary/aromatic N) is 1. The predicted molar refractivity (Wildman–Crippen MR) is 61.5 cm³/mol. The van der Waals surface area contributed by atoms with E-state index in [1.165, 1.54) is 12.3 Å². The second-order valence-corrected chi connectivity index (χ2v) is 4.18. The molecule has 0 spiro atoms. The van der Waals surface area contributed by atoms with Crippen LogP contribution < -0.4 is 5.32 Å². The van der Waals surface area contributed by atoms with Gasteiger partial charge in [0.25, 0.3) is 0 Å². The molecule has 88 valence electrons. The lowest BCUT2D eigenvalue weighted by Gasteiger charge is -2.07. The van der Waals surface area contributed by atoms with Crippen LogP contribution in [0.1, 0.15) is 0 Å². The van der Waals surface area contributed by atoms with Gasteiger partial charge in [-0.3, -0.25) is 0 Å². The fourth-order valence-electron chi connectivity index (χ4n) is 1.27. The molecular weight excluding hydrogens is 297 g/mol. The monoisotopic (exact) mass is 302 g/mol. The summed E-state index contributed by atoms with van der Waals surface area (Å²) in [5.74, 6) is -2.21. The Morgan fingerprint density at radius 3 is 2.24 bits per heavy atom. The molecule has 2 nitrogen and oxygen atoms in total. The maximum absolute atomic E-state index is 13.4. The van der Waals surface area contributed by atoms with Crippen LogP contribution in [0.5, 0.6) is 0 Å². The van der Waals surface area contributed by atoms with E-state index in [-0.39, 0.29) is 11.5 Å². The minimum atomic E-state index is -0.745. The van der Waals surface area contributed by atoms with Crippen molar-refractivity contribution >= 4 is 27.4 Å². The minimum Gasteiger partial charge on any atom is -0.338 e. The molecule has 1 heterocycles. The maximum Gasteiger partial charge on any atom is 0.166 e. The van der Waals surface area contributed by atoms with Gasteiger partial charge < -0.3 is 5.32 Å². The highest BCUT2D eigenvalue weighted by Gasteiger charge is 2.06. The molecule has 1 aromatic heterocycles. The highest BCUT2D eigenvalue weighted by atomic mass is 79.9. The first-order chi connectivity index (χ1) is 8.04. The van der Waals surface area contributed by atoms with E-state index in [1.54, 1.807) is 0 Å². The van der Waals surface area contributed by atoms with Gasteiger partial charge in [0.05, 0.1) is 0 Å². The molecule has 0 atom stereocenters. The second kappa shape index (κ2) is 4.75. The molecule has 2 aromatic rings. The highest BCUT2D eigenvalue weighted by Crippen LogP contribution is 2.21. The van der Waals surface area contributed by atoms with Crippen molar-refractivity contribution in [1.82, 2.24) is 4.98 Å². The van der Waals surface area contributed by atoms with Crippen LogP contribution in [0, 0.1) is 17.5 Å². The average Bonchev–Trinajstić information content (AvgIpc) is 2.21. The Hall–Kier alpha value is -1.56. The standard InChI is InChI=1S/C11H6BrF3N2/c12-6-1-10(15)11(16-5-6)17-9-3-7(13)2-8(14)4-9/h1-5H,(H,16,17). The van der Waals surface area contributed by atoms with Gasteiger partial charge in [0, 0.05) is 22.4 Å². The van der Waals surface area contributed by atoms with Crippen molar-refractivity contribution in [3.8, 4) is 0 Å². The Bertz CT molecular complexity index is 540. The molecule has 17 heavy (non-hydrogen) atoms. The molecule has 0 fully saturated rings. The molecule has 1 aromatic carbocycles. The van der Waals surface area contributed by atoms with Gasteiger partial charge in [0.1, 0.15) is 11.6 Å². The summed E-state index contributed by atoms with van der Waals surface area (Å²) in [6.07, 6.45) is 1.38. The number of pyridine rings is 1. The van der Waals surface area contributed by atoms with Crippen LogP contribution in [-0.4, -0.2) is 4.98 Å². The van der Waals surface area contributed by atoms with E-state index < -0.39 is 17.5 Å². The summed E-state index contributed by atoms with van der Waals surface area (Å²) in [7, 11) is 0. The third kappa shape index (κ3) is 2.97. The lowest BCUT2D eigenvalue weighted by atomic mass is 10.3. The van der Waals surface area contributed by atoms with E-state index in [4.69, 9.17) is 0 Å². The molecule has 2 rings (SSSR count). The maximum atomic E-state index is 13.4. The SMILES string of the molecule is Fc1cc(F)cc(Nc2ncc(Br)cc2F)c1. The summed E-state index contributed by atoms with van der Waals surface area (Å²) < 4.78 is 39.7. The summed E-state index contributed by atoms with van der Waals surface area (Å²) in [5.41, 5.74) is 0.0937. The summed E-state index contributed by atoms with van der Waals surface area (Å²) in [6, 6.07) is 4.03. The van der Waals surface area contributed by atoms with Crippen LogP contribution in [0.15, 0.2) is 34.9 Å². The normalized spacial score (nSPS) is 10.4. The van der Waals surface area contributed by atoms with Crippen LogP contribution >= 0.6 is 15.9 Å². The molecular formula is C11H6BrF3N2. The molecule has 0 saturated carbocycles. The Balaban J connectivity index is 2.31. The zero-order valence-electron chi connectivity index (χ0n) is 8.35. The first-order valence-electron chi connectivity index (χ1n) is 4.59.